The Morgan fingerprint density at radius 2 is 1.94 bits per heavy atom. The second-order valence-corrected chi connectivity index (χ2v) is 4.74. The van der Waals surface area contributed by atoms with E-state index in [4.69, 9.17) is 5.11 Å². The predicted molar refractivity (Wildman–Crippen MR) is 70.6 cm³/mol. The van der Waals surface area contributed by atoms with Gasteiger partial charge in [-0.15, -0.1) is 0 Å². The average Bonchev–Trinajstić information content (AvgIpc) is 2.27. The summed E-state index contributed by atoms with van der Waals surface area (Å²) in [4.78, 5) is 24.3. The van der Waals surface area contributed by atoms with E-state index in [0.717, 1.165) is 13.1 Å². The van der Waals surface area contributed by atoms with Gasteiger partial charge in [-0.3, -0.25) is 4.79 Å². The van der Waals surface area contributed by atoms with E-state index in [9.17, 15) is 9.59 Å². The Morgan fingerprint density at radius 3 is 2.39 bits per heavy atom. The van der Waals surface area contributed by atoms with Crippen LogP contribution in [-0.4, -0.2) is 54.7 Å². The van der Waals surface area contributed by atoms with Crippen LogP contribution in [-0.2, 0) is 4.79 Å². The third-order valence-corrected chi connectivity index (χ3v) is 2.83. The minimum absolute atomic E-state index is 0.0556. The van der Waals surface area contributed by atoms with Crippen molar-refractivity contribution in [3.05, 3.63) is 0 Å². The van der Waals surface area contributed by atoms with Gasteiger partial charge in [0.05, 0.1) is 6.42 Å². The van der Waals surface area contributed by atoms with Gasteiger partial charge in [0.2, 0.25) is 0 Å². The summed E-state index contributed by atoms with van der Waals surface area (Å²) >= 11 is 0. The molecule has 0 aliphatic rings. The summed E-state index contributed by atoms with van der Waals surface area (Å²) in [6.07, 6.45) is -0.0556. The molecule has 0 heterocycles. The fourth-order valence-corrected chi connectivity index (χ4v) is 1.38. The highest BCUT2D eigenvalue weighted by Crippen LogP contribution is 2.05. The summed E-state index contributed by atoms with van der Waals surface area (Å²) in [6, 6.07) is -0.647. The van der Waals surface area contributed by atoms with E-state index in [0.29, 0.717) is 6.54 Å². The van der Waals surface area contributed by atoms with Crippen LogP contribution in [0.4, 0.5) is 4.79 Å². The van der Waals surface area contributed by atoms with Crippen molar-refractivity contribution in [3.63, 3.8) is 0 Å². The zero-order valence-electron chi connectivity index (χ0n) is 11.7. The Labute approximate surface area is 109 Å². The largest absolute Gasteiger partial charge is 0.481 e. The molecule has 0 aromatic rings. The summed E-state index contributed by atoms with van der Waals surface area (Å²) in [5.41, 5.74) is 0. The predicted octanol–water partition coefficient (Wildman–Crippen LogP) is 0.737. The van der Waals surface area contributed by atoms with Crippen molar-refractivity contribution in [1.82, 2.24) is 15.5 Å². The van der Waals surface area contributed by atoms with Gasteiger partial charge in [0, 0.05) is 19.1 Å². The molecule has 0 rings (SSSR count). The Hall–Kier alpha value is -1.30. The molecule has 0 radical (unpaired) electrons. The number of hydrogen-bond acceptors (Lipinski definition) is 3. The van der Waals surface area contributed by atoms with Crippen molar-refractivity contribution in [1.29, 1.82) is 0 Å². The first kappa shape index (κ1) is 16.7. The van der Waals surface area contributed by atoms with Crippen molar-refractivity contribution >= 4 is 12.0 Å². The van der Waals surface area contributed by atoms with E-state index in [1.165, 1.54) is 0 Å². The highest BCUT2D eigenvalue weighted by atomic mass is 16.4. The molecule has 0 spiro atoms. The lowest BCUT2D eigenvalue weighted by Crippen LogP contribution is -2.46. The van der Waals surface area contributed by atoms with Gasteiger partial charge in [-0.25, -0.2) is 4.79 Å². The number of nitrogens with zero attached hydrogens (tertiary/aromatic N) is 1. The lowest BCUT2D eigenvalue weighted by molar-refractivity contribution is -0.137. The number of carboxylic acids is 1. The van der Waals surface area contributed by atoms with Gasteiger partial charge in [-0.05, 0) is 19.5 Å². The molecule has 1 unspecified atom stereocenters. The number of urea groups is 1. The number of carbonyl (C=O) groups excluding carboxylic acids is 1. The lowest BCUT2D eigenvalue weighted by atomic mass is 10.0. The van der Waals surface area contributed by atoms with Gasteiger partial charge in [-0.1, -0.05) is 20.8 Å². The van der Waals surface area contributed by atoms with E-state index in [1.54, 1.807) is 0 Å². The van der Waals surface area contributed by atoms with Crippen molar-refractivity contribution in [2.75, 3.05) is 26.7 Å². The molecular formula is C12H25N3O3. The fraction of sp³-hybridized carbons (Fsp3) is 0.833. The van der Waals surface area contributed by atoms with Crippen LogP contribution < -0.4 is 10.6 Å². The fourth-order valence-electron chi connectivity index (χ4n) is 1.38. The highest BCUT2D eigenvalue weighted by molar-refractivity contribution is 5.75. The van der Waals surface area contributed by atoms with Gasteiger partial charge in [0.15, 0.2) is 0 Å². The molecule has 0 aliphatic carbocycles. The smallest absolute Gasteiger partial charge is 0.315 e. The van der Waals surface area contributed by atoms with E-state index in [1.807, 2.05) is 27.8 Å². The molecule has 0 saturated heterocycles. The first-order chi connectivity index (χ1) is 8.36. The molecule has 3 N–H and O–H groups in total. The number of carbonyl (C=O) groups is 2. The molecule has 18 heavy (non-hydrogen) atoms. The van der Waals surface area contributed by atoms with Gasteiger partial charge in [-0.2, -0.15) is 0 Å². The average molecular weight is 259 g/mol. The third-order valence-electron chi connectivity index (χ3n) is 2.83. The van der Waals surface area contributed by atoms with Crippen LogP contribution >= 0.6 is 0 Å². The molecule has 106 valence electrons. The molecule has 0 aromatic carbocycles. The number of rotatable bonds is 8. The molecule has 0 aromatic heterocycles. The van der Waals surface area contributed by atoms with Gasteiger partial charge in [0.1, 0.15) is 0 Å². The van der Waals surface area contributed by atoms with Crippen LogP contribution in [0.3, 0.4) is 0 Å². The number of nitrogens with one attached hydrogen (secondary N) is 2. The molecule has 0 bridgehead atoms. The summed E-state index contributed by atoms with van der Waals surface area (Å²) in [5, 5.41) is 14.2. The Kier molecular flexibility index (Phi) is 8.11. The van der Waals surface area contributed by atoms with Crippen molar-refractivity contribution in [3.8, 4) is 0 Å². The zero-order chi connectivity index (χ0) is 14.1. The summed E-state index contributed by atoms with van der Waals surface area (Å²) < 4.78 is 0. The van der Waals surface area contributed by atoms with Crippen LogP contribution in [0, 0.1) is 5.92 Å². The summed E-state index contributed by atoms with van der Waals surface area (Å²) in [6.45, 7) is 8.07. The molecule has 1 atom stereocenters. The molecule has 0 aliphatic heterocycles. The minimum Gasteiger partial charge on any atom is -0.481 e. The van der Waals surface area contributed by atoms with Crippen molar-refractivity contribution in [2.45, 2.75) is 33.2 Å². The first-order valence-electron chi connectivity index (χ1n) is 6.31. The SMILES string of the molecule is CCN(C)CCNC(=O)NC(CC(=O)O)C(C)C. The van der Waals surface area contributed by atoms with Crippen LogP contribution in [0.1, 0.15) is 27.2 Å². The maximum absolute atomic E-state index is 11.6. The number of carboxylic acid groups (broad SMARTS) is 1. The second-order valence-electron chi connectivity index (χ2n) is 4.74. The monoisotopic (exact) mass is 259 g/mol. The van der Waals surface area contributed by atoms with E-state index in [2.05, 4.69) is 15.5 Å². The second kappa shape index (κ2) is 8.74. The van der Waals surface area contributed by atoms with Crippen LogP contribution in [0.2, 0.25) is 0 Å². The molecular weight excluding hydrogens is 234 g/mol. The summed E-state index contributed by atoms with van der Waals surface area (Å²) in [7, 11) is 1.97. The topological polar surface area (TPSA) is 81.7 Å². The Balaban J connectivity index is 3.99. The first-order valence-corrected chi connectivity index (χ1v) is 6.31. The maximum atomic E-state index is 11.6. The van der Waals surface area contributed by atoms with E-state index < -0.39 is 5.97 Å². The van der Waals surface area contributed by atoms with Crippen LogP contribution in [0.25, 0.3) is 0 Å². The van der Waals surface area contributed by atoms with Crippen LogP contribution in [0.5, 0.6) is 0 Å². The number of amides is 2. The minimum atomic E-state index is -0.903. The molecule has 2 amide bonds. The molecule has 6 heteroatoms. The number of hydrogen-bond donors (Lipinski definition) is 3. The Bertz CT molecular complexity index is 269. The third kappa shape index (κ3) is 7.89. The van der Waals surface area contributed by atoms with E-state index >= 15 is 0 Å². The zero-order valence-corrected chi connectivity index (χ0v) is 11.7. The van der Waals surface area contributed by atoms with Gasteiger partial charge < -0.3 is 20.6 Å². The molecule has 6 nitrogen and oxygen atoms in total. The molecule has 0 fully saturated rings. The van der Waals surface area contributed by atoms with E-state index in [-0.39, 0.29) is 24.4 Å². The molecule has 0 saturated carbocycles. The quantitative estimate of drug-likeness (QED) is 0.600. The lowest BCUT2D eigenvalue weighted by Gasteiger charge is -2.21. The standard InChI is InChI=1S/C12H25N3O3/c1-5-15(4)7-6-13-12(18)14-10(9(2)3)8-11(16)17/h9-10H,5-8H2,1-4H3,(H,16,17)(H2,13,14,18). The van der Waals surface area contributed by atoms with Gasteiger partial charge in [0.25, 0.3) is 0 Å². The number of likely N-dealkylation sites (N-methyl/N-ethyl adjacent to an activating group) is 1. The van der Waals surface area contributed by atoms with Crippen molar-refractivity contribution in [2.24, 2.45) is 5.92 Å². The van der Waals surface area contributed by atoms with Crippen molar-refractivity contribution < 1.29 is 14.7 Å². The van der Waals surface area contributed by atoms with Gasteiger partial charge >= 0.3 is 12.0 Å². The summed E-state index contributed by atoms with van der Waals surface area (Å²) in [5.74, 6) is -0.815. The normalized spacial score (nSPS) is 12.6. The Morgan fingerprint density at radius 1 is 1.33 bits per heavy atom. The maximum Gasteiger partial charge on any atom is 0.315 e. The van der Waals surface area contributed by atoms with Crippen LogP contribution in [0.15, 0.2) is 0 Å². The highest BCUT2D eigenvalue weighted by Gasteiger charge is 2.18. The number of aliphatic carboxylic acids is 1.